The summed E-state index contributed by atoms with van der Waals surface area (Å²) in [6.07, 6.45) is 3.82. The van der Waals surface area contributed by atoms with E-state index in [1.54, 1.807) is 0 Å². The number of ether oxygens (including phenoxy) is 1. The second kappa shape index (κ2) is 7.21. The number of morpholine rings is 1. The largest absolute Gasteiger partial charge is 1.00 e. The Morgan fingerprint density at radius 1 is 1.00 bits per heavy atom. The highest BCUT2D eigenvalue weighted by molar-refractivity contribution is 6.33. The molecule has 0 radical (unpaired) electrons. The molecule has 2 rings (SSSR count). The van der Waals surface area contributed by atoms with Crippen LogP contribution in [0.2, 0.25) is 0 Å². The maximum atomic E-state index is 9.67. The molecule has 2 nitrogen and oxygen atoms in total. The van der Waals surface area contributed by atoms with Crippen LogP contribution in [0, 0.1) is 0 Å². The maximum Gasteiger partial charge on any atom is 0.762 e. The molecule has 2 aliphatic heterocycles. The molecule has 0 bridgehead atoms. The van der Waals surface area contributed by atoms with E-state index in [0.29, 0.717) is 12.2 Å². The minimum atomic E-state index is -3.67. The predicted molar refractivity (Wildman–Crippen MR) is 58.0 cm³/mol. The monoisotopic (exact) mass is 257 g/mol. The molecule has 2 aliphatic rings. The van der Waals surface area contributed by atoms with Gasteiger partial charge in [-0.2, -0.15) is 0 Å². The van der Waals surface area contributed by atoms with Crippen molar-refractivity contribution in [2.45, 2.75) is 38.9 Å². The quantitative estimate of drug-likeness (QED) is 0.316. The molecule has 0 aliphatic carbocycles. The maximum absolute atomic E-state index is 9.67. The third-order valence-corrected chi connectivity index (χ3v) is 3.27. The second-order valence-electron chi connectivity index (χ2n) is 4.87. The lowest BCUT2D eigenvalue weighted by Gasteiger charge is -2.43. The van der Waals surface area contributed by atoms with Crippen molar-refractivity contribution in [2.75, 3.05) is 26.2 Å². The smallest absolute Gasteiger partial charge is 0.762 e. The lowest BCUT2D eigenvalue weighted by molar-refractivity contribution is -0.930. The summed E-state index contributed by atoms with van der Waals surface area (Å²) >= 11 is 0. The highest BCUT2D eigenvalue weighted by Gasteiger charge is 2.39. The fourth-order valence-corrected chi connectivity index (χ4v) is 3.02. The van der Waals surface area contributed by atoms with E-state index in [1.807, 2.05) is 0 Å². The second-order valence-corrected chi connectivity index (χ2v) is 4.87. The summed E-state index contributed by atoms with van der Waals surface area (Å²) in [6.45, 7) is 9.74. The first-order chi connectivity index (χ1) is 7.43. The zero-order valence-electron chi connectivity index (χ0n) is 10.3. The Morgan fingerprint density at radius 3 is 1.71 bits per heavy atom. The average molecular weight is 257 g/mol. The molecule has 102 valence electrons. The standard InChI is InChI=1S/C10H20NO.BF3.FH/c1-9-7-11(5-3-4-6-11)8-10(2)12-9;2-1(3)4;/h9-10H,3-8H2,1-2H3;;1H/q+1;;/p-1. The molecule has 2 atom stereocenters. The first-order valence-electron chi connectivity index (χ1n) is 5.86. The van der Waals surface area contributed by atoms with Crippen LogP contribution in [0.15, 0.2) is 0 Å². The Balaban J connectivity index is 0.000000453. The van der Waals surface area contributed by atoms with Gasteiger partial charge in [0.15, 0.2) is 0 Å². The van der Waals surface area contributed by atoms with Gasteiger partial charge in [-0.15, -0.1) is 0 Å². The van der Waals surface area contributed by atoms with E-state index in [2.05, 4.69) is 13.8 Å². The Hall–Kier alpha value is -0.295. The summed E-state index contributed by atoms with van der Waals surface area (Å²) in [5, 5.41) is 0. The molecule has 2 saturated heterocycles. The van der Waals surface area contributed by atoms with Gasteiger partial charge in [-0.1, -0.05) is 0 Å². The van der Waals surface area contributed by atoms with Crippen molar-refractivity contribution in [3.63, 3.8) is 0 Å². The SMILES string of the molecule is CC1C[N+]2(CCCC2)CC(C)O1.FB(F)F.[F-]. The number of halogens is 4. The zero-order valence-corrected chi connectivity index (χ0v) is 10.3. The van der Waals surface area contributed by atoms with Crippen molar-refractivity contribution in [1.82, 2.24) is 0 Å². The normalized spacial score (nSPS) is 30.2. The molecule has 0 aromatic heterocycles. The van der Waals surface area contributed by atoms with Crippen molar-refractivity contribution >= 4 is 7.54 Å². The van der Waals surface area contributed by atoms with Gasteiger partial charge in [0.1, 0.15) is 25.3 Å². The molecule has 0 N–H and O–H groups in total. The Morgan fingerprint density at radius 2 is 1.35 bits per heavy atom. The molecule has 0 saturated carbocycles. The molecule has 7 heteroatoms. The van der Waals surface area contributed by atoms with Crippen LogP contribution in [0.4, 0.5) is 12.9 Å². The number of hydrogen-bond acceptors (Lipinski definition) is 1. The van der Waals surface area contributed by atoms with Gasteiger partial charge in [0.25, 0.3) is 0 Å². The fourth-order valence-electron chi connectivity index (χ4n) is 3.02. The van der Waals surface area contributed by atoms with Crippen LogP contribution in [0.3, 0.4) is 0 Å². The first kappa shape index (κ1) is 16.7. The van der Waals surface area contributed by atoms with Crippen LogP contribution in [0.1, 0.15) is 26.7 Å². The number of hydrogen-bond donors (Lipinski definition) is 0. The molecular formula is C10H20BF4NO. The lowest BCUT2D eigenvalue weighted by Crippen LogP contribution is -3.00. The highest BCUT2D eigenvalue weighted by atomic mass is 19.4. The van der Waals surface area contributed by atoms with Gasteiger partial charge in [0.05, 0.1) is 13.1 Å². The van der Waals surface area contributed by atoms with Gasteiger partial charge >= 0.3 is 7.54 Å². The van der Waals surface area contributed by atoms with Crippen LogP contribution < -0.4 is 4.70 Å². The van der Waals surface area contributed by atoms with E-state index in [-0.39, 0.29) is 4.70 Å². The summed E-state index contributed by atoms with van der Waals surface area (Å²) in [6, 6.07) is 0. The lowest BCUT2D eigenvalue weighted by atomic mass is 10.2. The molecule has 0 amide bonds. The van der Waals surface area contributed by atoms with Gasteiger partial charge in [0, 0.05) is 12.8 Å². The summed E-state index contributed by atoms with van der Waals surface area (Å²) in [7, 11) is -3.67. The average Bonchev–Trinajstić information content (AvgIpc) is 2.49. The van der Waals surface area contributed by atoms with Crippen LogP contribution in [0.25, 0.3) is 0 Å². The van der Waals surface area contributed by atoms with E-state index in [9.17, 15) is 12.9 Å². The fraction of sp³-hybridized carbons (Fsp3) is 1.00. The third kappa shape index (κ3) is 5.72. The van der Waals surface area contributed by atoms with Crippen molar-refractivity contribution in [3.05, 3.63) is 0 Å². The van der Waals surface area contributed by atoms with Crippen LogP contribution >= 0.6 is 0 Å². The Labute approximate surface area is 100 Å². The molecule has 0 aromatic carbocycles. The van der Waals surface area contributed by atoms with Crippen molar-refractivity contribution < 1.29 is 26.9 Å². The Kier molecular flexibility index (Phi) is 7.08. The molecule has 1 spiro atoms. The van der Waals surface area contributed by atoms with Gasteiger partial charge in [-0.3, -0.25) is 12.9 Å². The van der Waals surface area contributed by atoms with Crippen molar-refractivity contribution in [2.24, 2.45) is 0 Å². The van der Waals surface area contributed by atoms with E-state index < -0.39 is 7.54 Å². The number of nitrogens with zero attached hydrogens (tertiary/aromatic N) is 1. The molecular weight excluding hydrogens is 237 g/mol. The topological polar surface area (TPSA) is 9.23 Å². The molecule has 2 unspecified atom stereocenters. The molecule has 2 fully saturated rings. The highest BCUT2D eigenvalue weighted by Crippen LogP contribution is 2.25. The van der Waals surface area contributed by atoms with Crippen molar-refractivity contribution in [3.8, 4) is 0 Å². The van der Waals surface area contributed by atoms with Crippen molar-refractivity contribution in [1.29, 1.82) is 0 Å². The number of rotatable bonds is 0. The van der Waals surface area contributed by atoms with Gasteiger partial charge in [-0.25, -0.2) is 0 Å². The first-order valence-corrected chi connectivity index (χ1v) is 5.86. The Bertz CT molecular complexity index is 200. The summed E-state index contributed by atoms with van der Waals surface area (Å²) in [4.78, 5) is 0. The zero-order chi connectivity index (χ0) is 12.2. The van der Waals surface area contributed by atoms with Gasteiger partial charge < -0.3 is 13.9 Å². The number of quaternary nitrogens is 1. The van der Waals surface area contributed by atoms with Gasteiger partial charge in [0.2, 0.25) is 0 Å². The third-order valence-electron chi connectivity index (χ3n) is 3.27. The predicted octanol–water partition coefficient (Wildman–Crippen LogP) is -0.712. The summed E-state index contributed by atoms with van der Waals surface area (Å²) in [5.74, 6) is 0. The van der Waals surface area contributed by atoms with E-state index in [1.165, 1.54) is 43.5 Å². The van der Waals surface area contributed by atoms with Crippen LogP contribution in [-0.4, -0.2) is 50.4 Å². The molecule has 0 aromatic rings. The summed E-state index contributed by atoms with van der Waals surface area (Å²) in [5.41, 5.74) is 0. The molecule has 17 heavy (non-hydrogen) atoms. The summed E-state index contributed by atoms with van der Waals surface area (Å²) < 4.78 is 36.1. The van der Waals surface area contributed by atoms with E-state index >= 15 is 0 Å². The van der Waals surface area contributed by atoms with E-state index in [4.69, 9.17) is 4.74 Å². The minimum Gasteiger partial charge on any atom is -1.00 e. The minimum absolute atomic E-state index is 0. The van der Waals surface area contributed by atoms with Gasteiger partial charge in [-0.05, 0) is 13.8 Å². The van der Waals surface area contributed by atoms with Crippen LogP contribution in [0.5, 0.6) is 0 Å². The van der Waals surface area contributed by atoms with E-state index in [0.717, 1.165) is 0 Å². The van der Waals surface area contributed by atoms with Crippen LogP contribution in [-0.2, 0) is 4.74 Å². The molecule has 2 heterocycles.